The molecule has 6 nitrogen and oxygen atoms in total. The molecular formula is C35H45ClN2O4S. The molecule has 1 saturated carbocycles. The molecule has 2 aliphatic carbocycles. The lowest BCUT2D eigenvalue weighted by molar-refractivity contribution is 0.0135. The van der Waals surface area contributed by atoms with Crippen molar-refractivity contribution in [2.75, 3.05) is 37.5 Å². The van der Waals surface area contributed by atoms with Crippen molar-refractivity contribution in [2.24, 2.45) is 22.1 Å². The van der Waals surface area contributed by atoms with E-state index >= 15 is 0 Å². The molecule has 8 heteroatoms. The maximum atomic E-state index is 13.3. The first-order valence-corrected chi connectivity index (χ1v) is 17.3. The molecule has 0 radical (unpaired) electrons. The number of aryl methyl sites for hydroxylation is 1. The van der Waals surface area contributed by atoms with Crippen LogP contribution in [0.2, 0.25) is 5.02 Å². The van der Waals surface area contributed by atoms with Crippen LogP contribution in [0.1, 0.15) is 67.4 Å². The van der Waals surface area contributed by atoms with Crippen molar-refractivity contribution in [1.29, 1.82) is 0 Å². The molecule has 232 valence electrons. The third-order valence-electron chi connectivity index (χ3n) is 9.59. The number of anilines is 1. The van der Waals surface area contributed by atoms with Crippen molar-refractivity contribution in [3.8, 4) is 5.75 Å². The lowest BCUT2D eigenvalue weighted by Gasteiger charge is -2.46. The molecular weight excluding hydrogens is 580 g/mol. The maximum Gasteiger partial charge on any atom is 0.284 e. The highest BCUT2D eigenvalue weighted by molar-refractivity contribution is 7.75. The van der Waals surface area contributed by atoms with Gasteiger partial charge in [0, 0.05) is 52.5 Å². The normalized spacial score (nSPS) is 25.3. The molecule has 43 heavy (non-hydrogen) atoms. The highest BCUT2D eigenvalue weighted by atomic mass is 35.5. The van der Waals surface area contributed by atoms with Gasteiger partial charge in [0.25, 0.3) is 5.91 Å². The smallest absolute Gasteiger partial charge is 0.284 e. The Labute approximate surface area is 263 Å². The molecule has 2 aromatic rings. The van der Waals surface area contributed by atoms with Gasteiger partial charge in [0.1, 0.15) is 5.75 Å². The summed E-state index contributed by atoms with van der Waals surface area (Å²) in [7, 11) is -0.233. The zero-order chi connectivity index (χ0) is 30.6. The van der Waals surface area contributed by atoms with E-state index in [1.807, 2.05) is 44.2 Å². The Hall–Kier alpha value is -2.61. The first-order chi connectivity index (χ1) is 20.8. The molecule has 3 aliphatic rings. The molecule has 0 N–H and O–H groups in total. The summed E-state index contributed by atoms with van der Waals surface area (Å²) < 4.78 is 29.2. The van der Waals surface area contributed by atoms with Crippen molar-refractivity contribution in [1.82, 2.24) is 0 Å². The second-order valence-electron chi connectivity index (χ2n) is 12.6. The lowest BCUT2D eigenvalue weighted by Crippen LogP contribution is -2.49. The first-order valence-electron chi connectivity index (χ1n) is 15.5. The number of methoxy groups -OCH3 is 1. The molecule has 1 aliphatic heterocycles. The zero-order valence-electron chi connectivity index (χ0n) is 25.6. The number of rotatable bonds is 10. The number of fused-ring (bicyclic) bond motifs is 3. The fraction of sp³-hybridized carbons (Fsp3) is 0.514. The predicted molar refractivity (Wildman–Crippen MR) is 177 cm³/mol. The van der Waals surface area contributed by atoms with E-state index in [4.69, 9.17) is 21.1 Å². The number of benzene rings is 2. The standard InChI is InChI=1S/C35H45ClN2O4S/c1-5-7-9-24(3)21-43(40)37-34(39)26-12-16-33-31(19-26)38(20-27-11-14-29(27)32(6-2)41-4)22-35(23-42-33)17-8-10-25-18-28(36)13-15-30(25)35/h5-7,12-13,15-16,18-19,24,27,29,32,43H,2,8-11,14,17,20-23H2,1,3-4H3/b7-5+/t24-,27-,29+,32-,35-/m0/s1. The summed E-state index contributed by atoms with van der Waals surface area (Å²) in [5.41, 5.74) is 3.74. The van der Waals surface area contributed by atoms with Gasteiger partial charge in [-0.3, -0.25) is 9.00 Å². The average molecular weight is 625 g/mol. The van der Waals surface area contributed by atoms with E-state index in [1.165, 1.54) is 11.1 Å². The maximum absolute atomic E-state index is 13.3. The summed E-state index contributed by atoms with van der Waals surface area (Å²) in [6, 6.07) is 11.8. The van der Waals surface area contributed by atoms with Gasteiger partial charge in [0.2, 0.25) is 0 Å². The van der Waals surface area contributed by atoms with E-state index in [-0.39, 0.29) is 17.4 Å². The third-order valence-corrected chi connectivity index (χ3v) is 11.2. The number of carbonyl (C=O) groups is 1. The molecule has 1 unspecified atom stereocenters. The van der Waals surface area contributed by atoms with Crippen molar-refractivity contribution in [3.05, 3.63) is 82.9 Å². The van der Waals surface area contributed by atoms with Crippen LogP contribution in [0.25, 0.3) is 0 Å². The Balaban J connectivity index is 1.48. The van der Waals surface area contributed by atoms with Gasteiger partial charge < -0.3 is 14.4 Å². The second-order valence-corrected chi connectivity index (χ2v) is 14.3. The number of nitrogens with zero attached hydrogens (tertiary/aromatic N) is 2. The van der Waals surface area contributed by atoms with E-state index in [0.717, 1.165) is 68.1 Å². The Morgan fingerprint density at radius 3 is 2.86 bits per heavy atom. The van der Waals surface area contributed by atoms with Gasteiger partial charge in [0.15, 0.2) is 0 Å². The van der Waals surface area contributed by atoms with Crippen LogP contribution in [0, 0.1) is 17.8 Å². The molecule has 2 aromatic carbocycles. The van der Waals surface area contributed by atoms with E-state index in [2.05, 4.69) is 34.1 Å². The van der Waals surface area contributed by atoms with E-state index in [1.54, 1.807) is 13.2 Å². The van der Waals surface area contributed by atoms with Crippen LogP contribution in [0.4, 0.5) is 5.69 Å². The highest BCUT2D eigenvalue weighted by Crippen LogP contribution is 2.47. The summed E-state index contributed by atoms with van der Waals surface area (Å²) in [5.74, 6) is 1.74. The number of allylic oxidation sites excluding steroid dienone is 2. The SMILES string of the molecule is C=C[C@H](OC)[C@@H]1CC[C@H]1CN1C[C@@]2(CCCc3cc(Cl)ccc32)COc2ccc(C(=O)/N=[SH](=O)/C[C@@H](C)C/C=C/C)cc21. The number of hydrogen-bond acceptors (Lipinski definition) is 5. The van der Waals surface area contributed by atoms with Crippen LogP contribution in [0.5, 0.6) is 5.75 Å². The molecule has 0 saturated heterocycles. The monoisotopic (exact) mass is 624 g/mol. The minimum Gasteiger partial charge on any atom is -0.490 e. The lowest BCUT2D eigenvalue weighted by atomic mass is 9.68. The molecule has 0 aromatic heterocycles. The highest BCUT2D eigenvalue weighted by Gasteiger charge is 2.44. The zero-order valence-corrected chi connectivity index (χ0v) is 27.3. The van der Waals surface area contributed by atoms with Crippen LogP contribution in [-0.2, 0) is 27.2 Å². The third kappa shape index (κ3) is 7.05. The molecule has 1 amide bonds. The molecule has 1 fully saturated rings. The van der Waals surface area contributed by atoms with Gasteiger partial charge in [0.05, 0.1) is 18.4 Å². The van der Waals surface area contributed by atoms with Gasteiger partial charge in [-0.25, -0.2) is 0 Å². The quantitative estimate of drug-likeness (QED) is 0.220. The average Bonchev–Trinajstić information content (AvgIpc) is 3.13. The van der Waals surface area contributed by atoms with Crippen LogP contribution in [0.15, 0.2) is 65.6 Å². The van der Waals surface area contributed by atoms with Gasteiger partial charge >= 0.3 is 0 Å². The number of ether oxygens (including phenoxy) is 2. The summed E-state index contributed by atoms with van der Waals surface area (Å²) in [5, 5.41) is 0.763. The number of halogens is 1. The van der Waals surface area contributed by atoms with Crippen molar-refractivity contribution < 1.29 is 18.5 Å². The van der Waals surface area contributed by atoms with E-state index in [9.17, 15) is 9.00 Å². The van der Waals surface area contributed by atoms with Crippen LogP contribution >= 0.6 is 11.6 Å². The van der Waals surface area contributed by atoms with Gasteiger partial charge in [-0.15, -0.1) is 6.58 Å². The number of thiol groups is 1. The van der Waals surface area contributed by atoms with E-state index in [0.29, 0.717) is 29.8 Å². The van der Waals surface area contributed by atoms with Crippen LogP contribution in [-0.4, -0.2) is 48.8 Å². The Bertz CT molecular complexity index is 1450. The van der Waals surface area contributed by atoms with Crippen LogP contribution in [0.3, 0.4) is 0 Å². The summed E-state index contributed by atoms with van der Waals surface area (Å²) in [4.78, 5) is 15.7. The Morgan fingerprint density at radius 1 is 1.30 bits per heavy atom. The summed E-state index contributed by atoms with van der Waals surface area (Å²) in [6.07, 6.45) is 12.1. The topological polar surface area (TPSA) is 68.2 Å². The predicted octanol–water partition coefficient (Wildman–Crippen LogP) is 7.45. The summed E-state index contributed by atoms with van der Waals surface area (Å²) >= 11 is 6.41. The number of hydrogen-bond donors (Lipinski definition) is 1. The fourth-order valence-electron chi connectivity index (χ4n) is 7.14. The minimum atomic E-state index is -1.99. The van der Waals surface area contributed by atoms with Crippen molar-refractivity contribution in [2.45, 2.75) is 63.9 Å². The summed E-state index contributed by atoms with van der Waals surface area (Å²) in [6.45, 7) is 10.2. The van der Waals surface area contributed by atoms with Gasteiger partial charge in [-0.1, -0.05) is 42.8 Å². The largest absolute Gasteiger partial charge is 0.490 e. The van der Waals surface area contributed by atoms with Crippen LogP contribution < -0.4 is 9.64 Å². The van der Waals surface area contributed by atoms with Crippen molar-refractivity contribution >= 4 is 33.8 Å². The van der Waals surface area contributed by atoms with E-state index < -0.39 is 16.5 Å². The number of amides is 1. The fourth-order valence-corrected chi connectivity index (χ4v) is 8.42. The molecule has 1 spiro atoms. The van der Waals surface area contributed by atoms with Crippen molar-refractivity contribution in [3.63, 3.8) is 0 Å². The van der Waals surface area contributed by atoms with Gasteiger partial charge in [-0.05, 0) is 105 Å². The minimum absolute atomic E-state index is 0.0196. The number of carbonyl (C=O) groups excluding carboxylic acids is 1. The Morgan fingerprint density at radius 2 is 2.14 bits per heavy atom. The second kappa shape index (κ2) is 14.0. The Kier molecular flexibility index (Phi) is 10.4. The molecule has 1 heterocycles. The van der Waals surface area contributed by atoms with Gasteiger partial charge in [-0.2, -0.15) is 4.36 Å². The molecule has 6 atom stereocenters. The molecule has 5 rings (SSSR count). The molecule has 0 bridgehead atoms. The first kappa shape index (κ1) is 31.8.